The van der Waals surface area contributed by atoms with Crippen molar-refractivity contribution >= 4 is 5.91 Å². The molecule has 1 aromatic carbocycles. The summed E-state index contributed by atoms with van der Waals surface area (Å²) in [5.74, 6) is 4.72. The Morgan fingerprint density at radius 3 is 2.60 bits per heavy atom. The highest BCUT2D eigenvalue weighted by Crippen LogP contribution is 2.28. The maximum absolute atomic E-state index is 11.5. The van der Waals surface area contributed by atoms with Crippen LogP contribution in [0.5, 0.6) is 0 Å². The Morgan fingerprint density at radius 2 is 2.10 bits per heavy atom. The second kappa shape index (κ2) is 6.83. The van der Waals surface area contributed by atoms with Crippen molar-refractivity contribution < 1.29 is 9.90 Å². The third kappa shape index (κ3) is 3.79. The van der Waals surface area contributed by atoms with Crippen LogP contribution >= 0.6 is 0 Å². The molecule has 1 amide bonds. The Hall–Kier alpha value is -1.43. The molecule has 0 heterocycles. The van der Waals surface area contributed by atoms with E-state index in [0.29, 0.717) is 6.04 Å². The van der Waals surface area contributed by atoms with Gasteiger partial charge in [-0.15, -0.1) is 0 Å². The van der Waals surface area contributed by atoms with Crippen LogP contribution in [0.25, 0.3) is 0 Å². The largest absolute Gasteiger partial charge is 0.395 e. The van der Waals surface area contributed by atoms with E-state index in [0.717, 1.165) is 18.7 Å². The molecule has 0 radical (unpaired) electrons. The van der Waals surface area contributed by atoms with E-state index in [1.54, 1.807) is 0 Å². The standard InChI is InChI=1S/C15H23N3O2/c1-11(15(20)17-16)13-4-2-12(3-5-13)10-18(8-9-19)14-6-7-14/h2-5,11,14,19H,6-10,16H2,1H3,(H,17,20). The van der Waals surface area contributed by atoms with E-state index < -0.39 is 0 Å². The topological polar surface area (TPSA) is 78.6 Å². The van der Waals surface area contributed by atoms with E-state index in [-0.39, 0.29) is 18.4 Å². The van der Waals surface area contributed by atoms with Crippen LogP contribution < -0.4 is 11.3 Å². The average molecular weight is 277 g/mol. The number of rotatable bonds is 7. The molecule has 1 fully saturated rings. The van der Waals surface area contributed by atoms with Gasteiger partial charge in [0.05, 0.1) is 12.5 Å². The molecule has 20 heavy (non-hydrogen) atoms. The predicted octanol–water partition coefficient (Wildman–Crippen LogP) is 0.737. The number of hydrazine groups is 1. The van der Waals surface area contributed by atoms with E-state index in [9.17, 15) is 4.79 Å². The van der Waals surface area contributed by atoms with E-state index in [2.05, 4.69) is 10.3 Å². The van der Waals surface area contributed by atoms with Crippen molar-refractivity contribution in [2.75, 3.05) is 13.2 Å². The van der Waals surface area contributed by atoms with Crippen molar-refractivity contribution in [3.63, 3.8) is 0 Å². The first-order chi connectivity index (χ1) is 9.65. The Bertz CT molecular complexity index is 443. The summed E-state index contributed by atoms with van der Waals surface area (Å²) >= 11 is 0. The minimum atomic E-state index is -0.244. The van der Waals surface area contributed by atoms with Gasteiger partial charge in [0.2, 0.25) is 5.91 Å². The van der Waals surface area contributed by atoms with Gasteiger partial charge in [-0.1, -0.05) is 24.3 Å². The number of hydrogen-bond acceptors (Lipinski definition) is 4. The van der Waals surface area contributed by atoms with Gasteiger partial charge in [0.15, 0.2) is 0 Å². The van der Waals surface area contributed by atoms with Crippen molar-refractivity contribution in [3.8, 4) is 0 Å². The molecular formula is C15H23N3O2. The zero-order chi connectivity index (χ0) is 14.5. The summed E-state index contributed by atoms with van der Waals surface area (Å²) in [6, 6.07) is 8.66. The zero-order valence-electron chi connectivity index (χ0n) is 11.9. The lowest BCUT2D eigenvalue weighted by molar-refractivity contribution is -0.122. The third-order valence-corrected chi connectivity index (χ3v) is 3.85. The molecule has 0 aliphatic heterocycles. The summed E-state index contributed by atoms with van der Waals surface area (Å²) in [5, 5.41) is 9.10. The van der Waals surface area contributed by atoms with Crippen molar-refractivity contribution in [3.05, 3.63) is 35.4 Å². The fraction of sp³-hybridized carbons (Fsp3) is 0.533. The van der Waals surface area contributed by atoms with E-state index in [4.69, 9.17) is 10.9 Å². The minimum absolute atomic E-state index is 0.183. The maximum Gasteiger partial charge on any atom is 0.241 e. The fourth-order valence-corrected chi connectivity index (χ4v) is 2.38. The molecule has 5 nitrogen and oxygen atoms in total. The summed E-state index contributed by atoms with van der Waals surface area (Å²) in [5.41, 5.74) is 4.33. The molecule has 0 bridgehead atoms. The van der Waals surface area contributed by atoms with Crippen LogP contribution in [0.3, 0.4) is 0 Å². The van der Waals surface area contributed by atoms with Gasteiger partial charge in [-0.05, 0) is 30.9 Å². The van der Waals surface area contributed by atoms with Crippen LogP contribution in [0.15, 0.2) is 24.3 Å². The number of benzene rings is 1. The lowest BCUT2D eigenvalue weighted by Gasteiger charge is -2.21. The highest BCUT2D eigenvalue weighted by molar-refractivity contribution is 5.82. The summed E-state index contributed by atoms with van der Waals surface area (Å²) in [6.07, 6.45) is 2.46. The molecule has 1 aliphatic carbocycles. The Morgan fingerprint density at radius 1 is 1.45 bits per heavy atom. The van der Waals surface area contributed by atoms with Crippen molar-refractivity contribution in [2.24, 2.45) is 5.84 Å². The summed E-state index contributed by atoms with van der Waals surface area (Å²) in [7, 11) is 0. The molecule has 4 N–H and O–H groups in total. The summed E-state index contributed by atoms with van der Waals surface area (Å²) in [4.78, 5) is 13.8. The van der Waals surface area contributed by atoms with Crippen LogP contribution in [-0.2, 0) is 11.3 Å². The van der Waals surface area contributed by atoms with Crippen LogP contribution in [0.4, 0.5) is 0 Å². The molecule has 110 valence electrons. The van der Waals surface area contributed by atoms with Gasteiger partial charge >= 0.3 is 0 Å². The first kappa shape index (κ1) is 15.0. The highest BCUT2D eigenvalue weighted by atomic mass is 16.3. The quantitative estimate of drug-likeness (QED) is 0.390. The molecule has 5 heteroatoms. The van der Waals surface area contributed by atoms with Gasteiger partial charge in [0.25, 0.3) is 0 Å². The smallest absolute Gasteiger partial charge is 0.241 e. The molecule has 0 saturated heterocycles. The first-order valence-corrected chi connectivity index (χ1v) is 7.10. The van der Waals surface area contributed by atoms with Crippen LogP contribution in [0.1, 0.15) is 36.8 Å². The minimum Gasteiger partial charge on any atom is -0.395 e. The molecule has 1 saturated carbocycles. The lowest BCUT2D eigenvalue weighted by atomic mass is 9.99. The fourth-order valence-electron chi connectivity index (χ4n) is 2.38. The normalized spacial score (nSPS) is 16.2. The molecule has 0 spiro atoms. The highest BCUT2D eigenvalue weighted by Gasteiger charge is 2.28. The van der Waals surface area contributed by atoms with Gasteiger partial charge < -0.3 is 5.11 Å². The number of aliphatic hydroxyl groups excluding tert-OH is 1. The van der Waals surface area contributed by atoms with Crippen molar-refractivity contribution in [2.45, 2.75) is 38.3 Å². The van der Waals surface area contributed by atoms with E-state index in [1.165, 1.54) is 18.4 Å². The molecular weight excluding hydrogens is 254 g/mol. The van der Waals surface area contributed by atoms with Gasteiger partial charge in [-0.3, -0.25) is 15.1 Å². The molecule has 2 rings (SSSR count). The number of nitrogens with one attached hydrogen (secondary N) is 1. The number of nitrogens with zero attached hydrogens (tertiary/aromatic N) is 1. The van der Waals surface area contributed by atoms with Crippen LogP contribution in [-0.4, -0.2) is 35.1 Å². The van der Waals surface area contributed by atoms with Crippen molar-refractivity contribution in [1.29, 1.82) is 0 Å². The predicted molar refractivity (Wildman–Crippen MR) is 77.7 cm³/mol. The maximum atomic E-state index is 11.5. The molecule has 1 aromatic rings. The van der Waals surface area contributed by atoms with Gasteiger partial charge in [0.1, 0.15) is 0 Å². The van der Waals surface area contributed by atoms with Gasteiger partial charge in [-0.25, -0.2) is 5.84 Å². The van der Waals surface area contributed by atoms with Crippen LogP contribution in [0, 0.1) is 0 Å². The molecule has 0 aromatic heterocycles. The summed E-state index contributed by atoms with van der Waals surface area (Å²) in [6.45, 7) is 3.60. The summed E-state index contributed by atoms with van der Waals surface area (Å²) < 4.78 is 0. The second-order valence-electron chi connectivity index (χ2n) is 5.40. The molecule has 1 atom stereocenters. The van der Waals surface area contributed by atoms with E-state index in [1.807, 2.05) is 31.2 Å². The Kier molecular flexibility index (Phi) is 5.11. The second-order valence-corrected chi connectivity index (χ2v) is 5.40. The van der Waals surface area contributed by atoms with Crippen molar-refractivity contribution in [1.82, 2.24) is 10.3 Å². The number of hydrogen-bond donors (Lipinski definition) is 3. The number of nitrogens with two attached hydrogens (primary N) is 1. The lowest BCUT2D eigenvalue weighted by Crippen LogP contribution is -2.33. The van der Waals surface area contributed by atoms with Gasteiger partial charge in [-0.2, -0.15) is 0 Å². The number of carbonyl (C=O) groups excluding carboxylic acids is 1. The number of aliphatic hydroxyl groups is 1. The third-order valence-electron chi connectivity index (χ3n) is 3.85. The van der Waals surface area contributed by atoms with Gasteiger partial charge in [0, 0.05) is 19.1 Å². The first-order valence-electron chi connectivity index (χ1n) is 7.10. The number of amides is 1. The van der Waals surface area contributed by atoms with Crippen LogP contribution in [0.2, 0.25) is 0 Å². The SMILES string of the molecule is CC(C(=O)NN)c1ccc(CN(CCO)C2CC2)cc1. The molecule has 1 unspecified atom stereocenters. The molecule has 1 aliphatic rings. The zero-order valence-corrected chi connectivity index (χ0v) is 11.9. The van der Waals surface area contributed by atoms with E-state index >= 15 is 0 Å². The monoisotopic (exact) mass is 277 g/mol. The Labute approximate surface area is 119 Å². The Balaban J connectivity index is 1.98. The number of carbonyl (C=O) groups is 1. The average Bonchev–Trinajstić information content (AvgIpc) is 3.30.